The summed E-state index contributed by atoms with van der Waals surface area (Å²) >= 11 is 6.21. The van der Waals surface area contributed by atoms with E-state index in [1.54, 1.807) is 6.92 Å². The molecular weight excluding hydrogens is 458 g/mol. The zero-order valence-electron chi connectivity index (χ0n) is 19.1. The van der Waals surface area contributed by atoms with Gasteiger partial charge in [0.1, 0.15) is 5.75 Å². The van der Waals surface area contributed by atoms with E-state index in [0.29, 0.717) is 29.7 Å². The number of carbonyl (C=O) groups excluding carboxylic acids is 1. The predicted octanol–water partition coefficient (Wildman–Crippen LogP) is 4.71. The number of carbonyl (C=O) groups is 1. The smallest absolute Gasteiger partial charge is 0.217 e. The second-order valence-electron chi connectivity index (χ2n) is 9.41. The van der Waals surface area contributed by atoms with E-state index in [2.05, 4.69) is 23.5 Å². The lowest BCUT2D eigenvalue weighted by molar-refractivity contribution is -0.119. The van der Waals surface area contributed by atoms with Crippen LogP contribution < -0.4 is 10.1 Å². The Morgan fingerprint density at radius 1 is 1.15 bits per heavy atom. The van der Waals surface area contributed by atoms with Crippen molar-refractivity contribution in [3.8, 4) is 5.75 Å². The van der Waals surface area contributed by atoms with Gasteiger partial charge < -0.3 is 10.1 Å². The second-order valence-corrected chi connectivity index (χ2v) is 12.1. The fraction of sp³-hybridized carbons (Fsp3) is 0.500. The Balaban J connectivity index is 1.46. The Morgan fingerprint density at radius 3 is 2.70 bits per heavy atom. The molecule has 1 amide bonds. The van der Waals surface area contributed by atoms with Gasteiger partial charge in [0.2, 0.25) is 5.91 Å². The Hall–Kier alpha value is -2.05. The summed E-state index contributed by atoms with van der Waals surface area (Å²) in [4.78, 5) is 11.9. The Morgan fingerprint density at radius 2 is 1.97 bits per heavy atom. The van der Waals surface area contributed by atoms with Crippen molar-refractivity contribution in [2.75, 3.05) is 18.1 Å². The Bertz CT molecular complexity index is 1100. The van der Waals surface area contributed by atoms with Crippen molar-refractivity contribution in [3.05, 3.63) is 64.2 Å². The lowest BCUT2D eigenvalue weighted by Crippen LogP contribution is -2.41. The normalized spacial score (nSPS) is 20.2. The average molecular weight is 490 g/mol. The zero-order chi connectivity index (χ0) is 23.4. The van der Waals surface area contributed by atoms with Gasteiger partial charge in [-0.15, -0.1) is 0 Å². The van der Waals surface area contributed by atoms with Gasteiger partial charge in [0.15, 0.2) is 9.84 Å². The van der Waals surface area contributed by atoms with Crippen LogP contribution in [0.1, 0.15) is 55.2 Å². The Kier molecular flexibility index (Phi) is 7.65. The highest BCUT2D eigenvalue weighted by Crippen LogP contribution is 2.37. The van der Waals surface area contributed by atoms with Gasteiger partial charge in [-0.3, -0.25) is 4.79 Å². The molecule has 4 rings (SSSR count). The first-order chi connectivity index (χ1) is 15.8. The third-order valence-electron chi connectivity index (χ3n) is 6.52. The van der Waals surface area contributed by atoms with E-state index in [1.807, 2.05) is 24.3 Å². The summed E-state index contributed by atoms with van der Waals surface area (Å²) in [6.07, 6.45) is 5.12. The molecule has 2 aliphatic carbocycles. The van der Waals surface area contributed by atoms with Crippen LogP contribution in [0.4, 0.5) is 0 Å². The molecule has 2 aromatic rings. The van der Waals surface area contributed by atoms with Crippen molar-refractivity contribution in [1.29, 1.82) is 0 Å². The summed E-state index contributed by atoms with van der Waals surface area (Å²) in [7, 11) is -2.98. The quantitative estimate of drug-likeness (QED) is 0.490. The van der Waals surface area contributed by atoms with Crippen LogP contribution >= 0.6 is 11.6 Å². The monoisotopic (exact) mass is 489 g/mol. The standard InChI is InChI=1S/C26H32ClNO4S/c1-18(29)28-26-11-9-21-8-10-23(32-12-3-13-33(30,31)17-19-6-7-19)16-24(21)25(26)15-20-4-2-5-22(27)14-20/h2,4-5,8,10,14,16,19,25-26H,3,6-7,9,11-13,15,17H2,1H3,(H,28,29). The van der Waals surface area contributed by atoms with E-state index < -0.39 is 9.84 Å². The summed E-state index contributed by atoms with van der Waals surface area (Å²) in [5.41, 5.74) is 3.57. The molecule has 33 heavy (non-hydrogen) atoms. The third-order valence-corrected chi connectivity index (χ3v) is 8.64. The van der Waals surface area contributed by atoms with Crippen LogP contribution in [0.25, 0.3) is 0 Å². The van der Waals surface area contributed by atoms with E-state index in [1.165, 1.54) is 11.1 Å². The van der Waals surface area contributed by atoms with Gasteiger partial charge >= 0.3 is 0 Å². The van der Waals surface area contributed by atoms with Crippen LogP contribution in [-0.4, -0.2) is 38.5 Å². The van der Waals surface area contributed by atoms with Gasteiger partial charge in [-0.2, -0.15) is 0 Å². The van der Waals surface area contributed by atoms with Crippen LogP contribution in [0, 0.1) is 5.92 Å². The van der Waals surface area contributed by atoms with E-state index >= 15 is 0 Å². The summed E-state index contributed by atoms with van der Waals surface area (Å²) in [5, 5.41) is 3.84. The summed E-state index contributed by atoms with van der Waals surface area (Å²) < 4.78 is 30.2. The molecule has 178 valence electrons. The van der Waals surface area contributed by atoms with Crippen molar-refractivity contribution in [2.45, 2.75) is 57.4 Å². The molecule has 0 aromatic heterocycles. The summed E-state index contributed by atoms with van der Waals surface area (Å²) in [6, 6.07) is 14.0. The van der Waals surface area contributed by atoms with Gasteiger partial charge in [0, 0.05) is 23.9 Å². The molecule has 0 saturated heterocycles. The van der Waals surface area contributed by atoms with Crippen molar-refractivity contribution < 1.29 is 17.9 Å². The molecule has 7 heteroatoms. The van der Waals surface area contributed by atoms with E-state index in [-0.39, 0.29) is 23.6 Å². The van der Waals surface area contributed by atoms with Crippen molar-refractivity contribution >= 4 is 27.3 Å². The molecule has 2 aromatic carbocycles. The largest absolute Gasteiger partial charge is 0.494 e. The molecule has 1 fully saturated rings. The van der Waals surface area contributed by atoms with Gasteiger partial charge in [-0.1, -0.05) is 29.8 Å². The van der Waals surface area contributed by atoms with Crippen LogP contribution in [0.2, 0.25) is 5.02 Å². The maximum atomic E-state index is 12.1. The van der Waals surface area contributed by atoms with Crippen molar-refractivity contribution in [2.24, 2.45) is 5.92 Å². The van der Waals surface area contributed by atoms with Crippen molar-refractivity contribution in [1.82, 2.24) is 5.32 Å². The lowest BCUT2D eigenvalue weighted by atomic mass is 9.76. The highest BCUT2D eigenvalue weighted by atomic mass is 35.5. The molecule has 2 aliphatic rings. The average Bonchev–Trinajstić information content (AvgIpc) is 3.56. The number of nitrogens with one attached hydrogen (secondary N) is 1. The van der Waals surface area contributed by atoms with Crippen LogP contribution in [0.3, 0.4) is 0 Å². The molecule has 0 heterocycles. The minimum Gasteiger partial charge on any atom is -0.494 e. The molecule has 0 aliphatic heterocycles. The minimum atomic E-state index is -2.98. The molecule has 0 radical (unpaired) electrons. The summed E-state index contributed by atoms with van der Waals surface area (Å²) in [5.74, 6) is 1.70. The fourth-order valence-corrected chi connectivity index (χ4v) is 6.75. The maximum Gasteiger partial charge on any atom is 0.217 e. The highest BCUT2D eigenvalue weighted by molar-refractivity contribution is 7.91. The predicted molar refractivity (Wildman–Crippen MR) is 132 cm³/mol. The second kappa shape index (κ2) is 10.5. The molecule has 1 saturated carbocycles. The highest BCUT2D eigenvalue weighted by Gasteiger charge is 2.31. The zero-order valence-corrected chi connectivity index (χ0v) is 20.6. The molecule has 1 N–H and O–H groups in total. The van der Waals surface area contributed by atoms with E-state index in [0.717, 1.165) is 43.4 Å². The van der Waals surface area contributed by atoms with E-state index in [4.69, 9.17) is 16.3 Å². The van der Waals surface area contributed by atoms with Gasteiger partial charge in [0.05, 0.1) is 18.1 Å². The minimum absolute atomic E-state index is 0.0284. The van der Waals surface area contributed by atoms with E-state index in [9.17, 15) is 13.2 Å². The first kappa shape index (κ1) is 24.1. The van der Waals surface area contributed by atoms with Gasteiger partial charge in [-0.25, -0.2) is 8.42 Å². The van der Waals surface area contributed by atoms with Crippen LogP contribution in [0.5, 0.6) is 5.75 Å². The number of sulfone groups is 1. The third kappa shape index (κ3) is 6.97. The van der Waals surface area contributed by atoms with Crippen molar-refractivity contribution in [3.63, 3.8) is 0 Å². The number of amides is 1. The molecule has 2 atom stereocenters. The van der Waals surface area contributed by atoms with Gasteiger partial charge in [-0.05, 0) is 85.4 Å². The number of hydrogen-bond acceptors (Lipinski definition) is 4. The number of halogens is 1. The molecule has 2 unspecified atom stereocenters. The molecule has 5 nitrogen and oxygen atoms in total. The topological polar surface area (TPSA) is 72.5 Å². The summed E-state index contributed by atoms with van der Waals surface area (Å²) in [6.45, 7) is 1.93. The number of hydrogen-bond donors (Lipinski definition) is 1. The van der Waals surface area contributed by atoms with Crippen LogP contribution in [0.15, 0.2) is 42.5 Å². The number of rotatable bonds is 10. The lowest BCUT2D eigenvalue weighted by Gasteiger charge is -2.34. The van der Waals surface area contributed by atoms with Crippen LogP contribution in [-0.2, 0) is 27.5 Å². The Labute approximate surface area is 201 Å². The molecule has 0 spiro atoms. The first-order valence-electron chi connectivity index (χ1n) is 11.8. The fourth-order valence-electron chi connectivity index (χ4n) is 4.76. The SMILES string of the molecule is CC(=O)NC1CCc2ccc(OCCCS(=O)(=O)CC3CC3)cc2C1Cc1cccc(Cl)c1. The maximum absolute atomic E-state index is 12.1. The first-order valence-corrected chi connectivity index (χ1v) is 14.0. The number of fused-ring (bicyclic) bond motifs is 1. The molecule has 0 bridgehead atoms. The molecular formula is C26H32ClNO4S. The van der Waals surface area contributed by atoms with Gasteiger partial charge in [0.25, 0.3) is 0 Å². The number of ether oxygens (including phenoxy) is 1. The number of aryl methyl sites for hydroxylation is 1. The number of benzene rings is 2.